The largest absolute Gasteiger partial charge is 0.465 e. The van der Waals surface area contributed by atoms with Crippen LogP contribution in [-0.4, -0.2) is 18.6 Å². The first-order chi connectivity index (χ1) is 6.07. The van der Waals surface area contributed by atoms with E-state index in [2.05, 4.69) is 13.8 Å². The summed E-state index contributed by atoms with van der Waals surface area (Å²) < 4.78 is 5.00. The number of hydrogen-bond donors (Lipinski definition) is 1. The number of hydrogen-bond acceptors (Lipinski definition) is 3. The second-order valence-electron chi connectivity index (χ2n) is 3.75. The van der Waals surface area contributed by atoms with Crippen molar-refractivity contribution in [1.82, 2.24) is 0 Å². The van der Waals surface area contributed by atoms with Crippen molar-refractivity contribution in [2.24, 2.45) is 11.7 Å². The van der Waals surface area contributed by atoms with Crippen LogP contribution < -0.4 is 5.73 Å². The van der Waals surface area contributed by atoms with Gasteiger partial charge >= 0.3 is 5.97 Å². The second-order valence-corrected chi connectivity index (χ2v) is 3.75. The second kappa shape index (κ2) is 6.89. The zero-order chi connectivity index (χ0) is 10.3. The van der Waals surface area contributed by atoms with E-state index in [9.17, 15) is 4.79 Å². The first kappa shape index (κ1) is 12.4. The van der Waals surface area contributed by atoms with E-state index in [4.69, 9.17) is 10.5 Å². The van der Waals surface area contributed by atoms with Gasteiger partial charge in [-0.2, -0.15) is 0 Å². The van der Waals surface area contributed by atoms with E-state index in [0.717, 1.165) is 12.8 Å². The van der Waals surface area contributed by atoms with Gasteiger partial charge in [-0.25, -0.2) is 0 Å². The summed E-state index contributed by atoms with van der Waals surface area (Å²) in [5.41, 5.74) is 5.57. The van der Waals surface area contributed by atoms with Crippen LogP contribution in [0.15, 0.2) is 0 Å². The maximum Gasteiger partial charge on any atom is 0.322 e. The molecule has 0 spiro atoms. The SMILES string of the molecule is CCC[C@H](N)C(=O)OCCC(C)C. The van der Waals surface area contributed by atoms with Gasteiger partial charge < -0.3 is 10.5 Å². The van der Waals surface area contributed by atoms with E-state index < -0.39 is 6.04 Å². The molecular weight excluding hydrogens is 166 g/mol. The lowest BCUT2D eigenvalue weighted by molar-refractivity contribution is -0.145. The molecule has 0 aromatic heterocycles. The van der Waals surface area contributed by atoms with Gasteiger partial charge in [-0.1, -0.05) is 27.2 Å². The zero-order valence-corrected chi connectivity index (χ0v) is 8.88. The van der Waals surface area contributed by atoms with E-state index in [1.807, 2.05) is 6.92 Å². The Hall–Kier alpha value is -0.570. The number of carbonyl (C=O) groups is 1. The molecule has 0 aliphatic heterocycles. The minimum atomic E-state index is -0.433. The molecule has 2 N–H and O–H groups in total. The normalized spacial score (nSPS) is 13.0. The fourth-order valence-corrected chi connectivity index (χ4v) is 0.931. The quantitative estimate of drug-likeness (QED) is 0.644. The molecule has 0 heterocycles. The van der Waals surface area contributed by atoms with Crippen LogP contribution in [0.4, 0.5) is 0 Å². The van der Waals surface area contributed by atoms with Crippen LogP contribution in [0.25, 0.3) is 0 Å². The van der Waals surface area contributed by atoms with E-state index in [1.54, 1.807) is 0 Å². The van der Waals surface area contributed by atoms with Gasteiger partial charge in [-0.05, 0) is 18.8 Å². The van der Waals surface area contributed by atoms with Crippen LogP contribution in [0.2, 0.25) is 0 Å². The number of esters is 1. The molecule has 0 aliphatic rings. The highest BCUT2D eigenvalue weighted by atomic mass is 16.5. The summed E-state index contributed by atoms with van der Waals surface area (Å²) >= 11 is 0. The van der Waals surface area contributed by atoms with Crippen LogP contribution >= 0.6 is 0 Å². The molecule has 0 amide bonds. The Morgan fingerprint density at radius 1 is 1.38 bits per heavy atom. The van der Waals surface area contributed by atoms with Crippen molar-refractivity contribution in [1.29, 1.82) is 0 Å². The third-order valence-electron chi connectivity index (χ3n) is 1.84. The lowest BCUT2D eigenvalue weighted by atomic mass is 10.1. The molecule has 0 radical (unpaired) electrons. The van der Waals surface area contributed by atoms with E-state index >= 15 is 0 Å². The molecule has 0 aromatic carbocycles. The summed E-state index contributed by atoms with van der Waals surface area (Å²) in [5.74, 6) is 0.303. The summed E-state index contributed by atoms with van der Waals surface area (Å²) in [6, 6.07) is -0.433. The Morgan fingerprint density at radius 2 is 2.00 bits per heavy atom. The van der Waals surface area contributed by atoms with Crippen molar-refractivity contribution >= 4 is 5.97 Å². The van der Waals surface area contributed by atoms with Crippen LogP contribution in [0.5, 0.6) is 0 Å². The van der Waals surface area contributed by atoms with Crippen molar-refractivity contribution in [3.8, 4) is 0 Å². The molecule has 1 atom stereocenters. The Balaban J connectivity index is 3.50. The Kier molecular flexibility index (Phi) is 6.59. The van der Waals surface area contributed by atoms with E-state index in [1.165, 1.54) is 0 Å². The Labute approximate surface area is 80.6 Å². The molecule has 13 heavy (non-hydrogen) atoms. The summed E-state index contributed by atoms with van der Waals surface area (Å²) in [5, 5.41) is 0. The molecule has 0 unspecified atom stereocenters. The monoisotopic (exact) mass is 187 g/mol. The third-order valence-corrected chi connectivity index (χ3v) is 1.84. The topological polar surface area (TPSA) is 52.3 Å². The van der Waals surface area contributed by atoms with Crippen LogP contribution in [-0.2, 0) is 9.53 Å². The van der Waals surface area contributed by atoms with Crippen LogP contribution in [0.3, 0.4) is 0 Å². The van der Waals surface area contributed by atoms with Crippen molar-refractivity contribution in [3.05, 3.63) is 0 Å². The van der Waals surface area contributed by atoms with Gasteiger partial charge in [-0.15, -0.1) is 0 Å². The van der Waals surface area contributed by atoms with Crippen molar-refractivity contribution in [2.45, 2.75) is 46.1 Å². The van der Waals surface area contributed by atoms with Gasteiger partial charge in [0.2, 0.25) is 0 Å². The van der Waals surface area contributed by atoms with Gasteiger partial charge in [-0.3, -0.25) is 4.79 Å². The van der Waals surface area contributed by atoms with Gasteiger partial charge in [0, 0.05) is 0 Å². The molecule has 3 heteroatoms. The molecule has 0 saturated heterocycles. The Bertz CT molecular complexity index is 146. The van der Waals surface area contributed by atoms with Crippen LogP contribution in [0.1, 0.15) is 40.0 Å². The summed E-state index contributed by atoms with van der Waals surface area (Å²) in [6.07, 6.45) is 2.53. The highest BCUT2D eigenvalue weighted by molar-refractivity contribution is 5.75. The van der Waals surface area contributed by atoms with Crippen molar-refractivity contribution in [3.63, 3.8) is 0 Å². The van der Waals surface area contributed by atoms with Gasteiger partial charge in [0.25, 0.3) is 0 Å². The molecule has 78 valence electrons. The minimum absolute atomic E-state index is 0.262. The number of ether oxygens (including phenoxy) is 1. The highest BCUT2D eigenvalue weighted by Crippen LogP contribution is 2.01. The van der Waals surface area contributed by atoms with Crippen LogP contribution in [0, 0.1) is 5.92 Å². The molecule has 3 nitrogen and oxygen atoms in total. The summed E-state index contributed by atoms with van der Waals surface area (Å²) in [6.45, 7) is 6.69. The smallest absolute Gasteiger partial charge is 0.322 e. The maximum atomic E-state index is 11.2. The highest BCUT2D eigenvalue weighted by Gasteiger charge is 2.13. The van der Waals surface area contributed by atoms with Gasteiger partial charge in [0.1, 0.15) is 6.04 Å². The summed E-state index contributed by atoms with van der Waals surface area (Å²) in [7, 11) is 0. The predicted octanol–water partition coefficient (Wildman–Crippen LogP) is 1.70. The third kappa shape index (κ3) is 6.58. The predicted molar refractivity (Wildman–Crippen MR) is 53.3 cm³/mol. The molecule has 0 fully saturated rings. The standard InChI is InChI=1S/C10H21NO2/c1-4-5-9(11)10(12)13-7-6-8(2)3/h8-9H,4-7,11H2,1-3H3/t9-/m0/s1. The molecule has 0 aliphatic carbocycles. The Morgan fingerprint density at radius 3 is 2.46 bits per heavy atom. The maximum absolute atomic E-state index is 11.2. The first-order valence-corrected chi connectivity index (χ1v) is 5.00. The van der Waals surface area contributed by atoms with E-state index in [-0.39, 0.29) is 5.97 Å². The van der Waals surface area contributed by atoms with Crippen molar-refractivity contribution in [2.75, 3.05) is 6.61 Å². The summed E-state index contributed by atoms with van der Waals surface area (Å²) in [4.78, 5) is 11.2. The number of carbonyl (C=O) groups excluding carboxylic acids is 1. The minimum Gasteiger partial charge on any atom is -0.465 e. The van der Waals surface area contributed by atoms with Gasteiger partial charge in [0.05, 0.1) is 6.61 Å². The molecule has 0 aromatic rings. The number of rotatable bonds is 6. The van der Waals surface area contributed by atoms with Crippen molar-refractivity contribution < 1.29 is 9.53 Å². The first-order valence-electron chi connectivity index (χ1n) is 5.00. The number of nitrogens with two attached hydrogens (primary N) is 1. The fraction of sp³-hybridized carbons (Fsp3) is 0.900. The van der Waals surface area contributed by atoms with Gasteiger partial charge in [0.15, 0.2) is 0 Å². The average Bonchev–Trinajstić information content (AvgIpc) is 2.04. The zero-order valence-electron chi connectivity index (χ0n) is 8.88. The lowest BCUT2D eigenvalue weighted by Crippen LogP contribution is -2.32. The molecule has 0 saturated carbocycles. The fourth-order valence-electron chi connectivity index (χ4n) is 0.931. The molecular formula is C10H21NO2. The average molecular weight is 187 g/mol. The molecule has 0 bridgehead atoms. The lowest BCUT2D eigenvalue weighted by Gasteiger charge is -2.11. The molecule has 0 rings (SSSR count). The van der Waals surface area contributed by atoms with E-state index in [0.29, 0.717) is 18.9 Å².